The van der Waals surface area contributed by atoms with Crippen LogP contribution in [0.4, 0.5) is 0 Å². The summed E-state index contributed by atoms with van der Waals surface area (Å²) in [6.07, 6.45) is 1.75. The van der Waals surface area contributed by atoms with Gasteiger partial charge in [-0.25, -0.2) is 0 Å². The Labute approximate surface area is 141 Å². The van der Waals surface area contributed by atoms with Gasteiger partial charge in [0.15, 0.2) is 11.4 Å². The summed E-state index contributed by atoms with van der Waals surface area (Å²) in [5.41, 5.74) is 5.46. The Morgan fingerprint density at radius 2 is 1.61 bits per heavy atom. The fourth-order valence-corrected chi connectivity index (χ4v) is 4.32. The highest BCUT2D eigenvalue weighted by atomic mass is 32.2. The maximum atomic E-state index is 10.1. The molecule has 2 heterocycles. The van der Waals surface area contributed by atoms with Crippen LogP contribution in [0.1, 0.15) is 38.5 Å². The Balaban J connectivity index is 1.77. The van der Waals surface area contributed by atoms with Gasteiger partial charge in [-0.05, 0) is 19.4 Å². The molecule has 0 spiro atoms. The zero-order chi connectivity index (χ0) is 16.8. The molecule has 23 heavy (non-hydrogen) atoms. The second-order valence-electron chi connectivity index (χ2n) is 6.25. The maximum Gasteiger partial charge on any atom is 0.161 e. The smallest absolute Gasteiger partial charge is 0.161 e. The Kier molecular flexibility index (Phi) is 7.58. The van der Waals surface area contributed by atoms with Gasteiger partial charge in [-0.2, -0.15) is 0 Å². The summed E-state index contributed by atoms with van der Waals surface area (Å²) in [4.78, 5) is 6.06. The number of fused-ring (bicyclic) bond motifs is 1. The lowest BCUT2D eigenvalue weighted by Crippen LogP contribution is -2.65. The average molecular weight is 347 g/mol. The number of amidine groups is 1. The summed E-state index contributed by atoms with van der Waals surface area (Å²) >= 11 is 1.45. The molecule has 0 aliphatic carbocycles. The topological polar surface area (TPSA) is 123 Å². The number of aliphatic imine (C=N–C) groups is 1. The third kappa shape index (κ3) is 4.58. The Morgan fingerprint density at radius 1 is 0.957 bits per heavy atom. The van der Waals surface area contributed by atoms with Gasteiger partial charge in [0.2, 0.25) is 0 Å². The van der Waals surface area contributed by atoms with Gasteiger partial charge >= 0.3 is 0 Å². The standard InChI is InChI=1S/C15H29N3O4S/c16-7-5-3-1-2-4-6-8-17-15-18-10(9-23-15)11(19)12(20)13(21)14(18)22/h10-14,19-22H,1-9,16H2/b17-15+/t10-,11-,12+,13-,14-/m1/s1. The van der Waals surface area contributed by atoms with Crippen LogP contribution in [-0.4, -0.2) is 79.9 Å². The van der Waals surface area contributed by atoms with E-state index in [4.69, 9.17) is 5.73 Å². The van der Waals surface area contributed by atoms with Crippen LogP contribution in [0.3, 0.4) is 0 Å². The first-order valence-corrected chi connectivity index (χ1v) is 9.44. The minimum Gasteiger partial charge on any atom is -0.388 e. The highest BCUT2D eigenvalue weighted by Crippen LogP contribution is 2.34. The molecule has 2 rings (SSSR count). The van der Waals surface area contributed by atoms with Gasteiger partial charge in [-0.15, -0.1) is 0 Å². The summed E-state index contributed by atoms with van der Waals surface area (Å²) in [5, 5.41) is 40.4. The Bertz CT molecular complexity index is 399. The second-order valence-corrected chi connectivity index (χ2v) is 7.23. The Morgan fingerprint density at radius 3 is 2.30 bits per heavy atom. The number of aliphatic hydroxyl groups is 4. The fraction of sp³-hybridized carbons (Fsp3) is 0.933. The van der Waals surface area contributed by atoms with E-state index in [0.29, 0.717) is 17.5 Å². The quantitative estimate of drug-likeness (QED) is 0.374. The molecule has 6 N–H and O–H groups in total. The van der Waals surface area contributed by atoms with Crippen molar-refractivity contribution < 1.29 is 20.4 Å². The van der Waals surface area contributed by atoms with E-state index in [1.807, 2.05) is 0 Å². The summed E-state index contributed by atoms with van der Waals surface area (Å²) in [5.74, 6) is 0.555. The van der Waals surface area contributed by atoms with Crippen LogP contribution < -0.4 is 5.73 Å². The van der Waals surface area contributed by atoms with Gasteiger partial charge in [0, 0.05) is 12.3 Å². The largest absolute Gasteiger partial charge is 0.388 e. The lowest BCUT2D eigenvalue weighted by atomic mass is 9.94. The van der Waals surface area contributed by atoms with Gasteiger partial charge in [0.05, 0.1) is 6.04 Å². The van der Waals surface area contributed by atoms with Crippen LogP contribution in [0.25, 0.3) is 0 Å². The van der Waals surface area contributed by atoms with Crippen LogP contribution in [0, 0.1) is 0 Å². The van der Waals surface area contributed by atoms with Crippen molar-refractivity contribution in [2.45, 2.75) is 69.1 Å². The molecule has 0 aromatic carbocycles. The summed E-state index contributed by atoms with van der Waals surface area (Å²) in [6.45, 7) is 1.43. The third-order valence-electron chi connectivity index (χ3n) is 4.51. The van der Waals surface area contributed by atoms with Crippen molar-refractivity contribution in [1.29, 1.82) is 0 Å². The van der Waals surface area contributed by atoms with Crippen LogP contribution in [-0.2, 0) is 0 Å². The van der Waals surface area contributed by atoms with Crippen molar-refractivity contribution in [3.05, 3.63) is 0 Å². The number of nitrogens with two attached hydrogens (primary N) is 1. The van der Waals surface area contributed by atoms with Crippen LogP contribution in [0.15, 0.2) is 4.99 Å². The van der Waals surface area contributed by atoms with Crippen LogP contribution >= 0.6 is 11.8 Å². The molecule has 5 atom stereocenters. The van der Waals surface area contributed by atoms with Gasteiger partial charge in [0.1, 0.15) is 18.3 Å². The molecule has 0 amide bonds. The molecule has 8 heteroatoms. The highest BCUT2D eigenvalue weighted by Gasteiger charge is 2.51. The summed E-state index contributed by atoms with van der Waals surface area (Å²) < 4.78 is 0. The maximum absolute atomic E-state index is 10.1. The molecular formula is C15H29N3O4S. The molecule has 0 bridgehead atoms. The summed E-state index contributed by atoms with van der Waals surface area (Å²) in [7, 11) is 0. The van der Waals surface area contributed by atoms with E-state index in [1.165, 1.54) is 31.0 Å². The lowest BCUT2D eigenvalue weighted by molar-refractivity contribution is -0.190. The van der Waals surface area contributed by atoms with Gasteiger partial charge in [-0.3, -0.25) is 4.99 Å². The van der Waals surface area contributed by atoms with E-state index in [1.54, 1.807) is 4.90 Å². The van der Waals surface area contributed by atoms with Gasteiger partial charge in [0.25, 0.3) is 0 Å². The molecule has 2 aliphatic heterocycles. The minimum absolute atomic E-state index is 0.400. The van der Waals surface area contributed by atoms with E-state index in [2.05, 4.69) is 4.99 Å². The fourth-order valence-electron chi connectivity index (χ4n) is 3.06. The number of piperidine rings is 1. The van der Waals surface area contributed by atoms with Crippen LogP contribution in [0.2, 0.25) is 0 Å². The number of unbranched alkanes of at least 4 members (excludes halogenated alkanes) is 5. The molecule has 2 aliphatic rings. The second kappa shape index (κ2) is 9.19. The van der Waals surface area contributed by atoms with Crippen molar-refractivity contribution in [2.75, 3.05) is 18.8 Å². The van der Waals surface area contributed by atoms with Crippen molar-refractivity contribution >= 4 is 16.9 Å². The number of hydrogen-bond donors (Lipinski definition) is 5. The SMILES string of the molecule is NCCCCCCCC/N=C1/SC[C@@H]2[C@@H](O)[C@H](O)[C@@H](O)[C@@H](O)N12. The van der Waals surface area contributed by atoms with E-state index >= 15 is 0 Å². The number of hydrogen-bond acceptors (Lipinski definition) is 7. The molecule has 0 saturated carbocycles. The van der Waals surface area contributed by atoms with Gasteiger partial charge in [-0.1, -0.05) is 37.4 Å². The molecule has 7 nitrogen and oxygen atoms in total. The first-order chi connectivity index (χ1) is 11.1. The minimum atomic E-state index is -1.38. The molecule has 0 unspecified atom stereocenters. The average Bonchev–Trinajstić information content (AvgIpc) is 2.97. The zero-order valence-electron chi connectivity index (χ0n) is 13.4. The zero-order valence-corrected chi connectivity index (χ0v) is 14.2. The summed E-state index contributed by atoms with van der Waals surface area (Å²) in [6, 6.07) is -0.400. The lowest BCUT2D eigenvalue weighted by Gasteiger charge is -2.44. The first kappa shape index (κ1) is 19.0. The molecule has 2 saturated heterocycles. The number of thioether (sulfide) groups is 1. The molecular weight excluding hydrogens is 318 g/mol. The highest BCUT2D eigenvalue weighted by molar-refractivity contribution is 8.14. The van der Waals surface area contributed by atoms with Gasteiger partial charge < -0.3 is 31.1 Å². The molecule has 0 aromatic heterocycles. The molecule has 134 valence electrons. The van der Waals surface area contributed by atoms with Crippen molar-refractivity contribution in [3.8, 4) is 0 Å². The van der Waals surface area contributed by atoms with Crippen molar-refractivity contribution in [2.24, 2.45) is 10.7 Å². The number of nitrogens with zero attached hydrogens (tertiary/aromatic N) is 2. The van der Waals surface area contributed by atoms with E-state index in [-0.39, 0.29) is 0 Å². The van der Waals surface area contributed by atoms with Crippen molar-refractivity contribution in [3.63, 3.8) is 0 Å². The molecule has 2 fully saturated rings. The monoisotopic (exact) mass is 347 g/mol. The first-order valence-electron chi connectivity index (χ1n) is 8.46. The Hall–Kier alpha value is -0.380. The van der Waals surface area contributed by atoms with Crippen LogP contribution in [0.5, 0.6) is 0 Å². The van der Waals surface area contributed by atoms with Crippen molar-refractivity contribution in [1.82, 2.24) is 4.90 Å². The van der Waals surface area contributed by atoms with E-state index < -0.39 is 30.6 Å². The molecule has 0 radical (unpaired) electrons. The number of rotatable bonds is 8. The third-order valence-corrected chi connectivity index (χ3v) is 5.61. The van der Waals surface area contributed by atoms with E-state index in [0.717, 1.165) is 25.8 Å². The number of aliphatic hydroxyl groups excluding tert-OH is 4. The van der Waals surface area contributed by atoms with E-state index in [9.17, 15) is 20.4 Å². The predicted molar refractivity (Wildman–Crippen MR) is 91.2 cm³/mol. The molecule has 0 aromatic rings. The predicted octanol–water partition coefficient (Wildman–Crippen LogP) is -0.526. The normalized spacial score (nSPS) is 35.8.